The van der Waals surface area contributed by atoms with Crippen LogP contribution in [0.3, 0.4) is 0 Å². The highest BCUT2D eigenvalue weighted by Crippen LogP contribution is 2.17. The number of rotatable bonds is 5. The lowest BCUT2D eigenvalue weighted by molar-refractivity contribution is 0.239. The Labute approximate surface area is 130 Å². The molecule has 7 nitrogen and oxygen atoms in total. The molecule has 0 bridgehead atoms. The maximum atomic E-state index is 11.8. The van der Waals surface area contributed by atoms with E-state index in [1.54, 1.807) is 0 Å². The van der Waals surface area contributed by atoms with Gasteiger partial charge < -0.3 is 15.5 Å². The molecule has 2 aliphatic rings. The fraction of sp³-hybridized carbons (Fsp3) is 0.600. The molecular weight excluding hydrogens is 280 g/mol. The number of pyridine rings is 1. The molecule has 2 amide bonds. The summed E-state index contributed by atoms with van der Waals surface area (Å²) in [6, 6.07) is 4.24. The van der Waals surface area contributed by atoms with E-state index < -0.39 is 0 Å². The number of anilines is 1. The number of nitrogens with zero attached hydrogens (tertiary/aromatic N) is 2. The predicted molar refractivity (Wildman–Crippen MR) is 85.5 cm³/mol. The molecule has 1 atom stereocenters. The Balaban J connectivity index is 1.39. The lowest BCUT2D eigenvalue weighted by Gasteiger charge is -2.16. The van der Waals surface area contributed by atoms with Crippen molar-refractivity contribution >= 4 is 11.8 Å². The highest BCUT2D eigenvalue weighted by molar-refractivity contribution is 5.73. The standard InChI is InChI=1S/C15H24N6O/c22-15(18-11-13-5-6-19-20-13)17-10-12-3-4-14(16-9-12)21-7-1-2-8-21/h3-4,9,13,19-20H,1-2,5-8,10-11H2,(H2,17,18,22). The summed E-state index contributed by atoms with van der Waals surface area (Å²) in [4.78, 5) is 18.5. The molecular formula is C15H24N6O. The summed E-state index contributed by atoms with van der Waals surface area (Å²) in [6.07, 6.45) is 5.37. The van der Waals surface area contributed by atoms with Crippen LogP contribution < -0.4 is 26.4 Å². The van der Waals surface area contributed by atoms with E-state index in [1.165, 1.54) is 12.8 Å². The van der Waals surface area contributed by atoms with Gasteiger partial charge in [0.2, 0.25) is 0 Å². The van der Waals surface area contributed by atoms with Gasteiger partial charge in [-0.1, -0.05) is 6.07 Å². The predicted octanol–water partition coefficient (Wildman–Crippen LogP) is 0.348. The average Bonchev–Trinajstić information content (AvgIpc) is 3.24. The fourth-order valence-corrected chi connectivity index (χ4v) is 2.80. The smallest absolute Gasteiger partial charge is 0.315 e. The third kappa shape index (κ3) is 4.08. The average molecular weight is 304 g/mol. The molecule has 22 heavy (non-hydrogen) atoms. The van der Waals surface area contributed by atoms with E-state index in [1.807, 2.05) is 18.3 Å². The number of carbonyl (C=O) groups is 1. The molecule has 1 aromatic rings. The summed E-state index contributed by atoms with van der Waals surface area (Å²) < 4.78 is 0. The van der Waals surface area contributed by atoms with Crippen molar-refractivity contribution in [1.82, 2.24) is 26.5 Å². The molecule has 0 aliphatic carbocycles. The zero-order valence-electron chi connectivity index (χ0n) is 12.8. The van der Waals surface area contributed by atoms with Crippen molar-refractivity contribution in [3.63, 3.8) is 0 Å². The van der Waals surface area contributed by atoms with E-state index in [0.717, 1.165) is 37.4 Å². The van der Waals surface area contributed by atoms with E-state index in [2.05, 4.69) is 31.4 Å². The van der Waals surface area contributed by atoms with Gasteiger partial charge in [-0.05, 0) is 30.9 Å². The minimum Gasteiger partial charge on any atom is -0.357 e. The first-order valence-electron chi connectivity index (χ1n) is 8.01. The SMILES string of the molecule is O=C(NCc1ccc(N2CCCC2)nc1)NCC1CCNN1. The van der Waals surface area contributed by atoms with Crippen LogP contribution in [-0.4, -0.2) is 43.2 Å². The molecule has 1 unspecified atom stereocenters. The van der Waals surface area contributed by atoms with Crippen LogP contribution in [0.4, 0.5) is 10.6 Å². The third-order valence-electron chi connectivity index (χ3n) is 4.13. The molecule has 4 N–H and O–H groups in total. The van der Waals surface area contributed by atoms with Crippen molar-refractivity contribution in [1.29, 1.82) is 0 Å². The second kappa shape index (κ2) is 7.42. The largest absolute Gasteiger partial charge is 0.357 e. The van der Waals surface area contributed by atoms with Gasteiger partial charge in [-0.2, -0.15) is 0 Å². The number of urea groups is 1. The van der Waals surface area contributed by atoms with Gasteiger partial charge in [-0.25, -0.2) is 9.78 Å². The first-order chi connectivity index (χ1) is 10.8. The number of aromatic nitrogens is 1. The Hall–Kier alpha value is -1.86. The van der Waals surface area contributed by atoms with Gasteiger partial charge in [0.25, 0.3) is 0 Å². The first kappa shape index (κ1) is 15.1. The molecule has 7 heteroatoms. The second-order valence-electron chi connectivity index (χ2n) is 5.84. The van der Waals surface area contributed by atoms with Crippen LogP contribution in [0.5, 0.6) is 0 Å². The third-order valence-corrected chi connectivity index (χ3v) is 4.13. The molecule has 2 fully saturated rings. The van der Waals surface area contributed by atoms with Crippen molar-refractivity contribution in [2.24, 2.45) is 0 Å². The topological polar surface area (TPSA) is 81.3 Å². The Morgan fingerprint density at radius 1 is 1.32 bits per heavy atom. The van der Waals surface area contributed by atoms with E-state index >= 15 is 0 Å². The zero-order valence-corrected chi connectivity index (χ0v) is 12.8. The van der Waals surface area contributed by atoms with Gasteiger partial charge in [0.05, 0.1) is 0 Å². The Bertz CT molecular complexity index is 479. The molecule has 0 radical (unpaired) electrons. The van der Waals surface area contributed by atoms with E-state index in [0.29, 0.717) is 19.1 Å². The van der Waals surface area contributed by atoms with Crippen molar-refractivity contribution < 1.29 is 4.79 Å². The minimum atomic E-state index is -0.141. The summed E-state index contributed by atoms with van der Waals surface area (Å²) in [5.74, 6) is 1.03. The Morgan fingerprint density at radius 2 is 2.18 bits per heavy atom. The van der Waals surface area contributed by atoms with Crippen molar-refractivity contribution in [3.8, 4) is 0 Å². The summed E-state index contributed by atoms with van der Waals surface area (Å²) in [7, 11) is 0. The monoisotopic (exact) mass is 304 g/mol. The lowest BCUT2D eigenvalue weighted by Crippen LogP contribution is -2.43. The van der Waals surface area contributed by atoms with Crippen LogP contribution in [0, 0.1) is 0 Å². The summed E-state index contributed by atoms with van der Waals surface area (Å²) in [5.41, 5.74) is 7.17. The van der Waals surface area contributed by atoms with Crippen LogP contribution in [-0.2, 0) is 6.54 Å². The summed E-state index contributed by atoms with van der Waals surface area (Å²) in [6.45, 7) is 4.26. The first-order valence-corrected chi connectivity index (χ1v) is 8.01. The van der Waals surface area contributed by atoms with E-state index in [4.69, 9.17) is 0 Å². The Kier molecular flexibility index (Phi) is 5.07. The van der Waals surface area contributed by atoms with Gasteiger partial charge in [0.1, 0.15) is 5.82 Å². The summed E-state index contributed by atoms with van der Waals surface area (Å²) in [5, 5.41) is 5.73. The van der Waals surface area contributed by atoms with Crippen LogP contribution in [0.1, 0.15) is 24.8 Å². The molecule has 120 valence electrons. The quantitative estimate of drug-likeness (QED) is 0.631. The molecule has 3 heterocycles. The minimum absolute atomic E-state index is 0.141. The maximum Gasteiger partial charge on any atom is 0.315 e. The molecule has 1 aromatic heterocycles. The molecule has 0 aromatic carbocycles. The number of hydrazine groups is 1. The molecule has 0 spiro atoms. The highest BCUT2D eigenvalue weighted by atomic mass is 16.2. The van der Waals surface area contributed by atoms with Crippen LogP contribution in [0.25, 0.3) is 0 Å². The van der Waals surface area contributed by atoms with Gasteiger partial charge in [0.15, 0.2) is 0 Å². The van der Waals surface area contributed by atoms with Gasteiger partial charge in [-0.3, -0.25) is 10.9 Å². The summed E-state index contributed by atoms with van der Waals surface area (Å²) >= 11 is 0. The van der Waals surface area contributed by atoms with Crippen LogP contribution in [0.15, 0.2) is 18.3 Å². The Morgan fingerprint density at radius 3 is 2.86 bits per heavy atom. The number of carbonyl (C=O) groups excluding carboxylic acids is 1. The van der Waals surface area contributed by atoms with Crippen molar-refractivity contribution in [3.05, 3.63) is 23.9 Å². The van der Waals surface area contributed by atoms with E-state index in [-0.39, 0.29) is 6.03 Å². The number of hydrogen-bond donors (Lipinski definition) is 4. The van der Waals surface area contributed by atoms with Crippen LogP contribution in [0.2, 0.25) is 0 Å². The van der Waals surface area contributed by atoms with Gasteiger partial charge in [-0.15, -0.1) is 0 Å². The number of hydrogen-bond acceptors (Lipinski definition) is 5. The normalized spacial score (nSPS) is 21.1. The molecule has 0 saturated carbocycles. The number of nitrogens with one attached hydrogen (secondary N) is 4. The zero-order chi connectivity index (χ0) is 15.2. The van der Waals surface area contributed by atoms with Gasteiger partial charge in [0, 0.05) is 45.0 Å². The molecule has 2 aliphatic heterocycles. The number of amides is 2. The van der Waals surface area contributed by atoms with Crippen molar-refractivity contribution in [2.45, 2.75) is 31.8 Å². The highest BCUT2D eigenvalue weighted by Gasteiger charge is 2.15. The van der Waals surface area contributed by atoms with E-state index in [9.17, 15) is 4.79 Å². The fourth-order valence-electron chi connectivity index (χ4n) is 2.80. The second-order valence-corrected chi connectivity index (χ2v) is 5.84. The molecule has 2 saturated heterocycles. The maximum absolute atomic E-state index is 11.8. The van der Waals surface area contributed by atoms with Crippen molar-refractivity contribution in [2.75, 3.05) is 31.1 Å². The van der Waals surface area contributed by atoms with Crippen LogP contribution >= 0.6 is 0 Å². The molecule has 3 rings (SSSR count). The van der Waals surface area contributed by atoms with Gasteiger partial charge >= 0.3 is 6.03 Å². The lowest BCUT2D eigenvalue weighted by atomic mass is 10.2.